The third-order valence-corrected chi connectivity index (χ3v) is 5.98. The van der Waals surface area contributed by atoms with Crippen molar-refractivity contribution in [2.75, 3.05) is 5.73 Å². The van der Waals surface area contributed by atoms with Crippen LogP contribution in [0.2, 0.25) is 0 Å². The zero-order valence-corrected chi connectivity index (χ0v) is 12.5. The molecule has 3 rings (SSSR count). The van der Waals surface area contributed by atoms with E-state index < -0.39 is 10.0 Å². The minimum absolute atomic E-state index is 0.128. The zero-order valence-electron chi connectivity index (χ0n) is 10.9. The Kier molecular flexibility index (Phi) is 3.54. The Balaban J connectivity index is 1.89. The van der Waals surface area contributed by atoms with Gasteiger partial charge in [0.15, 0.2) is 0 Å². The Morgan fingerprint density at radius 3 is 2.95 bits per heavy atom. The summed E-state index contributed by atoms with van der Waals surface area (Å²) in [6.07, 6.45) is 2.90. The second kappa shape index (κ2) is 5.20. The maximum absolute atomic E-state index is 12.4. The van der Waals surface area contributed by atoms with Crippen molar-refractivity contribution in [3.05, 3.63) is 46.2 Å². The van der Waals surface area contributed by atoms with Crippen molar-refractivity contribution in [1.82, 2.24) is 4.72 Å². The van der Waals surface area contributed by atoms with Crippen LogP contribution in [0.15, 0.2) is 40.6 Å². The number of thiophene rings is 1. The first-order valence-corrected chi connectivity index (χ1v) is 8.87. The molecule has 0 fully saturated rings. The van der Waals surface area contributed by atoms with Crippen LogP contribution < -0.4 is 10.5 Å². The maximum atomic E-state index is 12.4. The highest BCUT2D eigenvalue weighted by molar-refractivity contribution is 7.89. The lowest BCUT2D eigenvalue weighted by Gasteiger charge is -2.23. The molecule has 1 heterocycles. The highest BCUT2D eigenvalue weighted by Crippen LogP contribution is 2.34. The van der Waals surface area contributed by atoms with Crippen LogP contribution >= 0.6 is 11.3 Å². The summed E-state index contributed by atoms with van der Waals surface area (Å²) in [5, 5.41) is 2.03. The third-order valence-electron chi connectivity index (χ3n) is 3.52. The highest BCUT2D eigenvalue weighted by Gasteiger charge is 2.26. The number of fused-ring (bicyclic) bond motifs is 1. The number of rotatable bonds is 3. The number of hydrogen-bond donors (Lipinski definition) is 2. The first-order chi connectivity index (χ1) is 9.56. The predicted molar refractivity (Wildman–Crippen MR) is 81.2 cm³/mol. The smallest absolute Gasteiger partial charge is 0.241 e. The number of sulfonamides is 1. The molecule has 4 nitrogen and oxygen atoms in total. The van der Waals surface area contributed by atoms with Gasteiger partial charge in [0.05, 0.1) is 4.90 Å². The molecule has 2 aromatic rings. The summed E-state index contributed by atoms with van der Waals surface area (Å²) in [7, 11) is -3.53. The van der Waals surface area contributed by atoms with Gasteiger partial charge in [-0.25, -0.2) is 13.1 Å². The van der Waals surface area contributed by atoms with Crippen LogP contribution in [0.25, 0.3) is 0 Å². The maximum Gasteiger partial charge on any atom is 0.241 e. The molecule has 20 heavy (non-hydrogen) atoms. The van der Waals surface area contributed by atoms with Crippen molar-refractivity contribution in [1.29, 1.82) is 0 Å². The lowest BCUT2D eigenvalue weighted by atomic mass is 9.95. The molecule has 0 bridgehead atoms. The largest absolute Gasteiger partial charge is 0.399 e. The number of anilines is 1. The standard InChI is InChI=1S/C14H16N2O2S2/c15-10-3-1-4-11(9-10)20(17,18)16-13-5-2-6-14-12(13)7-8-19-14/h1,3-4,7-9,13,16H,2,5-6,15H2. The van der Waals surface area contributed by atoms with Crippen LogP contribution in [0, 0.1) is 0 Å². The number of aryl methyl sites for hydroxylation is 1. The van der Waals surface area contributed by atoms with E-state index in [1.54, 1.807) is 29.5 Å². The number of nitrogens with one attached hydrogen (secondary N) is 1. The van der Waals surface area contributed by atoms with E-state index in [0.717, 1.165) is 24.8 Å². The molecule has 1 unspecified atom stereocenters. The molecule has 106 valence electrons. The molecule has 0 radical (unpaired) electrons. The molecule has 1 aromatic carbocycles. The van der Waals surface area contributed by atoms with Gasteiger partial charge in [0.25, 0.3) is 0 Å². The lowest BCUT2D eigenvalue weighted by molar-refractivity contribution is 0.511. The van der Waals surface area contributed by atoms with Crippen LogP contribution in [0.1, 0.15) is 29.3 Å². The molecule has 3 N–H and O–H groups in total. The summed E-state index contributed by atoms with van der Waals surface area (Å²) >= 11 is 1.70. The zero-order chi connectivity index (χ0) is 14.2. The van der Waals surface area contributed by atoms with Crippen molar-refractivity contribution in [3.63, 3.8) is 0 Å². The van der Waals surface area contributed by atoms with Gasteiger partial charge in [-0.15, -0.1) is 11.3 Å². The Hall–Kier alpha value is -1.37. The van der Waals surface area contributed by atoms with E-state index in [2.05, 4.69) is 4.72 Å². The molecular weight excluding hydrogens is 292 g/mol. The van der Waals surface area contributed by atoms with Gasteiger partial charge in [-0.2, -0.15) is 0 Å². The average molecular weight is 308 g/mol. The van der Waals surface area contributed by atoms with Crippen molar-refractivity contribution in [3.8, 4) is 0 Å². The van der Waals surface area contributed by atoms with Crippen LogP contribution in [0.3, 0.4) is 0 Å². The average Bonchev–Trinajstić information content (AvgIpc) is 2.88. The summed E-state index contributed by atoms with van der Waals surface area (Å²) in [4.78, 5) is 1.51. The molecule has 0 saturated carbocycles. The molecule has 0 spiro atoms. The second-order valence-electron chi connectivity index (χ2n) is 4.94. The van der Waals surface area contributed by atoms with Gasteiger partial charge in [0.1, 0.15) is 0 Å². The minimum atomic E-state index is -3.53. The fourth-order valence-corrected chi connectivity index (χ4v) is 4.84. The van der Waals surface area contributed by atoms with E-state index in [-0.39, 0.29) is 10.9 Å². The van der Waals surface area contributed by atoms with E-state index in [9.17, 15) is 8.42 Å². The van der Waals surface area contributed by atoms with Crippen LogP contribution in [0.4, 0.5) is 5.69 Å². The van der Waals surface area contributed by atoms with Gasteiger partial charge in [-0.05, 0) is 54.5 Å². The molecule has 1 atom stereocenters. The SMILES string of the molecule is Nc1cccc(S(=O)(=O)NC2CCCc3sccc32)c1. The molecule has 1 aliphatic carbocycles. The first kappa shape index (κ1) is 13.6. The van der Waals surface area contributed by atoms with Gasteiger partial charge in [-0.3, -0.25) is 0 Å². The van der Waals surface area contributed by atoms with Crippen molar-refractivity contribution >= 4 is 27.0 Å². The van der Waals surface area contributed by atoms with E-state index in [1.807, 2.05) is 11.4 Å². The summed E-state index contributed by atoms with van der Waals surface area (Å²) in [5.41, 5.74) is 7.23. The van der Waals surface area contributed by atoms with E-state index >= 15 is 0 Å². The Labute approximate surface area is 122 Å². The van der Waals surface area contributed by atoms with Crippen molar-refractivity contribution < 1.29 is 8.42 Å². The third kappa shape index (κ3) is 2.59. The lowest BCUT2D eigenvalue weighted by Crippen LogP contribution is -2.30. The highest BCUT2D eigenvalue weighted by atomic mass is 32.2. The fourth-order valence-electron chi connectivity index (χ4n) is 2.55. The molecule has 0 amide bonds. The molecule has 0 saturated heterocycles. The Morgan fingerprint density at radius 2 is 2.15 bits per heavy atom. The van der Waals surface area contributed by atoms with Crippen LogP contribution in [0.5, 0.6) is 0 Å². The van der Waals surface area contributed by atoms with Gasteiger partial charge in [-0.1, -0.05) is 6.07 Å². The molecule has 0 aliphatic heterocycles. The van der Waals surface area contributed by atoms with Crippen LogP contribution in [-0.4, -0.2) is 8.42 Å². The van der Waals surface area contributed by atoms with Gasteiger partial charge >= 0.3 is 0 Å². The summed E-state index contributed by atoms with van der Waals surface area (Å²) in [6.45, 7) is 0. The molecule has 1 aromatic heterocycles. The second-order valence-corrected chi connectivity index (χ2v) is 7.65. The molecule has 1 aliphatic rings. The topological polar surface area (TPSA) is 72.2 Å². The van der Waals surface area contributed by atoms with E-state index in [4.69, 9.17) is 5.73 Å². The number of nitrogens with two attached hydrogens (primary N) is 1. The molecule has 6 heteroatoms. The monoisotopic (exact) mass is 308 g/mol. The predicted octanol–water partition coefficient (Wildman–Crippen LogP) is 2.69. The molecular formula is C14H16N2O2S2. The van der Waals surface area contributed by atoms with E-state index in [1.165, 1.54) is 10.9 Å². The van der Waals surface area contributed by atoms with E-state index in [0.29, 0.717) is 5.69 Å². The Bertz CT molecular complexity index is 722. The summed E-state index contributed by atoms with van der Waals surface area (Å²) < 4.78 is 27.6. The number of hydrogen-bond acceptors (Lipinski definition) is 4. The summed E-state index contributed by atoms with van der Waals surface area (Å²) in [5.74, 6) is 0. The quantitative estimate of drug-likeness (QED) is 0.856. The van der Waals surface area contributed by atoms with Gasteiger partial charge in [0, 0.05) is 16.6 Å². The van der Waals surface area contributed by atoms with Crippen LogP contribution in [-0.2, 0) is 16.4 Å². The Morgan fingerprint density at radius 1 is 1.30 bits per heavy atom. The van der Waals surface area contributed by atoms with Gasteiger partial charge in [0.2, 0.25) is 10.0 Å². The van der Waals surface area contributed by atoms with Crippen molar-refractivity contribution in [2.24, 2.45) is 0 Å². The fraction of sp³-hybridized carbons (Fsp3) is 0.286. The number of benzene rings is 1. The normalized spacial score (nSPS) is 18.7. The summed E-state index contributed by atoms with van der Waals surface area (Å²) in [6, 6.07) is 8.27. The number of nitrogen functional groups attached to an aromatic ring is 1. The minimum Gasteiger partial charge on any atom is -0.399 e. The first-order valence-electron chi connectivity index (χ1n) is 6.50. The van der Waals surface area contributed by atoms with Crippen molar-refractivity contribution in [2.45, 2.75) is 30.2 Å². The van der Waals surface area contributed by atoms with Gasteiger partial charge < -0.3 is 5.73 Å².